The summed E-state index contributed by atoms with van der Waals surface area (Å²) in [5, 5.41) is 7.22. The second-order valence-electron chi connectivity index (χ2n) is 6.51. The zero-order chi connectivity index (χ0) is 16.3. The van der Waals surface area contributed by atoms with E-state index in [0.717, 1.165) is 44.7 Å². The van der Waals surface area contributed by atoms with E-state index in [-0.39, 0.29) is 37.3 Å². The summed E-state index contributed by atoms with van der Waals surface area (Å²) in [5.74, 6) is 0.824. The van der Waals surface area contributed by atoms with Crippen molar-refractivity contribution in [2.45, 2.75) is 19.3 Å². The quantitative estimate of drug-likeness (QED) is 0.800. The highest BCUT2D eigenvalue weighted by Gasteiger charge is 2.37. The van der Waals surface area contributed by atoms with Crippen molar-refractivity contribution >= 4 is 48.0 Å². The van der Waals surface area contributed by atoms with Gasteiger partial charge in [0, 0.05) is 24.7 Å². The molecular formula is C17H26Cl3N3O2. The lowest BCUT2D eigenvalue weighted by Crippen LogP contribution is -2.45. The van der Waals surface area contributed by atoms with Crippen LogP contribution in [0, 0.1) is 5.41 Å². The van der Waals surface area contributed by atoms with E-state index in [1.165, 1.54) is 6.42 Å². The lowest BCUT2D eigenvalue weighted by Gasteiger charge is -2.39. The zero-order valence-corrected chi connectivity index (χ0v) is 16.7. The molecule has 0 aliphatic carbocycles. The van der Waals surface area contributed by atoms with Crippen molar-refractivity contribution < 1.29 is 9.53 Å². The molecule has 1 aromatic carbocycles. The van der Waals surface area contributed by atoms with E-state index in [1.807, 2.05) is 4.90 Å². The molecule has 0 atom stereocenters. The summed E-state index contributed by atoms with van der Waals surface area (Å²) in [6, 6.07) is 5.35. The second-order valence-corrected chi connectivity index (χ2v) is 6.94. The first-order chi connectivity index (χ1) is 11.1. The molecule has 2 saturated heterocycles. The normalized spacial score (nSPS) is 18.2. The molecule has 3 rings (SSSR count). The van der Waals surface area contributed by atoms with Crippen molar-refractivity contribution in [2.24, 2.45) is 5.41 Å². The fraction of sp³-hybridized carbons (Fsp3) is 0.588. The minimum absolute atomic E-state index is 0. The van der Waals surface area contributed by atoms with Gasteiger partial charge in [0.2, 0.25) is 5.91 Å². The largest absolute Gasteiger partial charge is 0.495 e. The zero-order valence-electron chi connectivity index (χ0n) is 14.3. The number of amides is 1. The summed E-state index contributed by atoms with van der Waals surface area (Å²) >= 11 is 6.01. The van der Waals surface area contributed by atoms with Crippen molar-refractivity contribution in [3.63, 3.8) is 0 Å². The Morgan fingerprint density at radius 2 is 2.04 bits per heavy atom. The Kier molecular flexibility index (Phi) is 8.61. The van der Waals surface area contributed by atoms with Gasteiger partial charge < -0.3 is 20.3 Å². The molecule has 0 aromatic heterocycles. The van der Waals surface area contributed by atoms with Gasteiger partial charge in [0.1, 0.15) is 5.75 Å². The number of piperidine rings is 1. The third-order valence-electron chi connectivity index (χ3n) is 5.10. The van der Waals surface area contributed by atoms with Crippen LogP contribution in [0.1, 0.15) is 19.3 Å². The number of halogens is 3. The highest BCUT2D eigenvalue weighted by atomic mass is 35.5. The Balaban J connectivity index is 0.00000156. The maximum absolute atomic E-state index is 12.4. The van der Waals surface area contributed by atoms with Crippen molar-refractivity contribution in [3.8, 4) is 5.75 Å². The van der Waals surface area contributed by atoms with Crippen molar-refractivity contribution in [3.05, 3.63) is 23.2 Å². The number of methoxy groups -OCH3 is 1. The van der Waals surface area contributed by atoms with Crippen LogP contribution in [0.3, 0.4) is 0 Å². The van der Waals surface area contributed by atoms with Gasteiger partial charge in [-0.1, -0.05) is 11.6 Å². The SMILES string of the molecule is COc1ccc(Cl)cc1NCC(=O)N1CCC2(CCNC2)CC1.Cl.Cl. The molecule has 142 valence electrons. The first-order valence-corrected chi connectivity index (χ1v) is 8.56. The molecule has 1 aromatic rings. The Labute approximate surface area is 166 Å². The van der Waals surface area contributed by atoms with E-state index in [1.54, 1.807) is 25.3 Å². The maximum atomic E-state index is 12.4. The number of likely N-dealkylation sites (tertiary alicyclic amines) is 1. The predicted octanol–water partition coefficient (Wildman–Crippen LogP) is 3.21. The molecule has 2 N–H and O–H groups in total. The summed E-state index contributed by atoms with van der Waals surface area (Å²) in [6.07, 6.45) is 3.45. The molecule has 1 amide bonds. The van der Waals surface area contributed by atoms with Crippen LogP contribution in [-0.4, -0.2) is 50.6 Å². The van der Waals surface area contributed by atoms with Crippen molar-refractivity contribution in [1.29, 1.82) is 0 Å². The molecule has 2 heterocycles. The van der Waals surface area contributed by atoms with Crippen LogP contribution in [0.25, 0.3) is 0 Å². The first-order valence-electron chi connectivity index (χ1n) is 8.18. The van der Waals surface area contributed by atoms with Crippen LogP contribution in [0.4, 0.5) is 5.69 Å². The van der Waals surface area contributed by atoms with Gasteiger partial charge in [-0.3, -0.25) is 4.79 Å². The molecule has 1 spiro atoms. The fourth-order valence-corrected chi connectivity index (χ4v) is 3.73. The molecule has 0 radical (unpaired) electrons. The number of benzene rings is 1. The summed E-state index contributed by atoms with van der Waals surface area (Å²) in [4.78, 5) is 14.4. The molecular weight excluding hydrogens is 385 g/mol. The summed E-state index contributed by atoms with van der Waals surface area (Å²) in [7, 11) is 1.61. The average Bonchev–Trinajstić information content (AvgIpc) is 3.01. The fourth-order valence-electron chi connectivity index (χ4n) is 3.55. The highest BCUT2D eigenvalue weighted by Crippen LogP contribution is 2.37. The minimum atomic E-state index is 0. The van der Waals surface area contributed by atoms with Gasteiger partial charge in [0.05, 0.1) is 19.3 Å². The topological polar surface area (TPSA) is 53.6 Å². The molecule has 2 aliphatic rings. The van der Waals surface area contributed by atoms with E-state index < -0.39 is 0 Å². The van der Waals surface area contributed by atoms with E-state index in [2.05, 4.69) is 10.6 Å². The van der Waals surface area contributed by atoms with Crippen LogP contribution in [0.5, 0.6) is 5.75 Å². The van der Waals surface area contributed by atoms with Gasteiger partial charge >= 0.3 is 0 Å². The summed E-state index contributed by atoms with van der Waals surface area (Å²) in [6.45, 7) is 4.20. The number of carbonyl (C=O) groups excluding carboxylic acids is 1. The Morgan fingerprint density at radius 3 is 2.64 bits per heavy atom. The second kappa shape index (κ2) is 9.72. The predicted molar refractivity (Wildman–Crippen MR) is 107 cm³/mol. The minimum Gasteiger partial charge on any atom is -0.495 e. The lowest BCUT2D eigenvalue weighted by atomic mass is 9.78. The molecule has 2 aliphatic heterocycles. The van der Waals surface area contributed by atoms with Crippen LogP contribution >= 0.6 is 36.4 Å². The maximum Gasteiger partial charge on any atom is 0.241 e. The molecule has 2 fully saturated rings. The number of nitrogens with zero attached hydrogens (tertiary/aromatic N) is 1. The van der Waals surface area contributed by atoms with Crippen molar-refractivity contribution in [1.82, 2.24) is 10.2 Å². The third-order valence-corrected chi connectivity index (χ3v) is 5.34. The number of nitrogens with one attached hydrogen (secondary N) is 2. The number of ether oxygens (including phenoxy) is 1. The van der Waals surface area contributed by atoms with Crippen LogP contribution in [0.15, 0.2) is 18.2 Å². The standard InChI is InChI=1S/C17H24ClN3O2.2ClH/c1-23-15-3-2-13(18)10-14(15)20-11-16(22)21-8-5-17(6-9-21)4-7-19-12-17;;/h2-3,10,19-20H,4-9,11-12H2,1H3;2*1H. The molecule has 25 heavy (non-hydrogen) atoms. The van der Waals surface area contributed by atoms with Crippen LogP contribution in [-0.2, 0) is 4.79 Å². The highest BCUT2D eigenvalue weighted by molar-refractivity contribution is 6.30. The average molecular weight is 411 g/mol. The molecule has 8 heteroatoms. The van der Waals surface area contributed by atoms with Gasteiger partial charge in [-0.2, -0.15) is 0 Å². The Morgan fingerprint density at radius 1 is 1.32 bits per heavy atom. The van der Waals surface area contributed by atoms with E-state index in [9.17, 15) is 4.79 Å². The Hall–Kier alpha value is -0.880. The monoisotopic (exact) mass is 409 g/mol. The van der Waals surface area contributed by atoms with Crippen LogP contribution in [0.2, 0.25) is 5.02 Å². The van der Waals surface area contributed by atoms with E-state index in [4.69, 9.17) is 16.3 Å². The van der Waals surface area contributed by atoms with E-state index in [0.29, 0.717) is 16.2 Å². The summed E-state index contributed by atoms with van der Waals surface area (Å²) in [5.41, 5.74) is 1.18. The molecule has 0 unspecified atom stereocenters. The van der Waals surface area contributed by atoms with E-state index >= 15 is 0 Å². The molecule has 5 nitrogen and oxygen atoms in total. The molecule has 0 saturated carbocycles. The number of hydrogen-bond acceptors (Lipinski definition) is 4. The Bertz CT molecular complexity index is 570. The van der Waals surface area contributed by atoms with Crippen LogP contribution < -0.4 is 15.4 Å². The smallest absolute Gasteiger partial charge is 0.241 e. The number of anilines is 1. The van der Waals surface area contributed by atoms with Gasteiger partial charge in [-0.05, 0) is 49.4 Å². The lowest BCUT2D eigenvalue weighted by molar-refractivity contribution is -0.131. The first kappa shape index (κ1) is 22.2. The third kappa shape index (κ3) is 5.30. The van der Waals surface area contributed by atoms with Gasteiger partial charge in [-0.15, -0.1) is 24.8 Å². The van der Waals surface area contributed by atoms with Gasteiger partial charge in [-0.25, -0.2) is 0 Å². The van der Waals surface area contributed by atoms with Crippen molar-refractivity contribution in [2.75, 3.05) is 45.2 Å². The number of rotatable bonds is 4. The number of hydrogen-bond donors (Lipinski definition) is 2. The molecule has 0 bridgehead atoms. The van der Waals surface area contributed by atoms with Gasteiger partial charge in [0.25, 0.3) is 0 Å². The van der Waals surface area contributed by atoms with Gasteiger partial charge in [0.15, 0.2) is 0 Å². The summed E-state index contributed by atoms with van der Waals surface area (Å²) < 4.78 is 5.29. The number of carbonyl (C=O) groups is 1.